The van der Waals surface area contributed by atoms with Gasteiger partial charge in [0, 0.05) is 10.5 Å². The maximum atomic E-state index is 12.9. The van der Waals surface area contributed by atoms with Crippen molar-refractivity contribution in [3.63, 3.8) is 0 Å². The van der Waals surface area contributed by atoms with E-state index in [1.165, 1.54) is 16.0 Å². The first-order chi connectivity index (χ1) is 10.8. The number of imide groups is 1. The molecule has 0 radical (unpaired) electrons. The fourth-order valence-corrected chi connectivity index (χ4v) is 6.02. The molecule has 2 aromatic carbocycles. The third-order valence-corrected chi connectivity index (χ3v) is 6.65. The van der Waals surface area contributed by atoms with Gasteiger partial charge < -0.3 is 0 Å². The summed E-state index contributed by atoms with van der Waals surface area (Å²) in [4.78, 5) is 27.2. The Kier molecular flexibility index (Phi) is 2.40. The van der Waals surface area contributed by atoms with Gasteiger partial charge in [-0.3, -0.25) is 9.59 Å². The van der Waals surface area contributed by atoms with Crippen LogP contribution in [0.3, 0.4) is 0 Å². The number of thioether (sulfide) groups is 1. The molecule has 2 aromatic rings. The number of carbonyl (C=O) groups is 2. The van der Waals surface area contributed by atoms with Gasteiger partial charge in [-0.1, -0.05) is 42.5 Å². The second-order valence-corrected chi connectivity index (χ2v) is 7.29. The van der Waals surface area contributed by atoms with Crippen molar-refractivity contribution in [1.29, 1.82) is 0 Å². The van der Waals surface area contributed by atoms with Gasteiger partial charge in [0.25, 0.3) is 0 Å². The summed E-state index contributed by atoms with van der Waals surface area (Å²) in [5.41, 5.74) is 3.19. The predicted molar refractivity (Wildman–Crippen MR) is 85.4 cm³/mol. The Morgan fingerprint density at radius 2 is 1.23 bits per heavy atom. The van der Waals surface area contributed by atoms with Crippen LogP contribution in [-0.2, 0) is 9.59 Å². The highest BCUT2D eigenvalue weighted by Gasteiger charge is 2.63. The highest BCUT2D eigenvalue weighted by molar-refractivity contribution is 8.00. The van der Waals surface area contributed by atoms with E-state index in [9.17, 15) is 9.59 Å². The Balaban J connectivity index is 1.62. The van der Waals surface area contributed by atoms with E-state index < -0.39 is 0 Å². The number of anilines is 1. The lowest BCUT2D eigenvalue weighted by atomic mass is 9.77. The summed E-state index contributed by atoms with van der Waals surface area (Å²) < 4.78 is 0. The fourth-order valence-electron chi connectivity index (χ4n) is 4.07. The molecule has 3 aliphatic rings. The Morgan fingerprint density at radius 1 is 0.727 bits per heavy atom. The number of benzene rings is 2. The van der Waals surface area contributed by atoms with E-state index in [1.54, 1.807) is 11.8 Å². The maximum absolute atomic E-state index is 12.9. The average Bonchev–Trinajstić information content (AvgIpc) is 3.19. The number of carbonyl (C=O) groups excluding carboxylic acids is 2. The Morgan fingerprint density at radius 3 is 1.77 bits per heavy atom. The van der Waals surface area contributed by atoms with Gasteiger partial charge in [0.05, 0.1) is 17.5 Å². The van der Waals surface area contributed by atoms with Crippen LogP contribution in [-0.4, -0.2) is 11.8 Å². The smallest absolute Gasteiger partial charge is 0.239 e. The normalized spacial score (nSPS) is 31.5. The SMILES string of the molecule is O=C1[C@@H]2C3SC(c4ccccc43)[C@@H]2C(=O)N1c1ccccc1. The molecule has 5 rings (SSSR count). The lowest BCUT2D eigenvalue weighted by Gasteiger charge is -2.21. The molecule has 2 amide bonds. The molecule has 22 heavy (non-hydrogen) atoms. The topological polar surface area (TPSA) is 37.4 Å². The van der Waals surface area contributed by atoms with Gasteiger partial charge in [0.1, 0.15) is 0 Å². The highest BCUT2D eigenvalue weighted by Crippen LogP contribution is 2.68. The Labute approximate surface area is 132 Å². The lowest BCUT2D eigenvalue weighted by Crippen LogP contribution is -2.31. The number of nitrogens with zero attached hydrogens (tertiary/aromatic N) is 1. The molecule has 0 aliphatic carbocycles. The Hall–Kier alpha value is -2.07. The molecule has 0 N–H and O–H groups in total. The molecular weight excluding hydrogens is 294 g/mol. The number of hydrogen-bond donors (Lipinski definition) is 0. The summed E-state index contributed by atoms with van der Waals surface area (Å²) in [7, 11) is 0. The van der Waals surface area contributed by atoms with Crippen molar-refractivity contribution in [3.8, 4) is 0 Å². The first-order valence-corrected chi connectivity index (χ1v) is 8.39. The third-order valence-electron chi connectivity index (χ3n) is 4.97. The number of hydrogen-bond acceptors (Lipinski definition) is 3. The largest absolute Gasteiger partial charge is 0.274 e. The molecule has 0 aromatic heterocycles. The Bertz CT molecular complexity index is 757. The van der Waals surface area contributed by atoms with Crippen LogP contribution in [0.1, 0.15) is 21.6 Å². The second kappa shape index (κ2) is 4.23. The van der Waals surface area contributed by atoms with E-state index in [-0.39, 0.29) is 34.2 Å². The molecule has 2 saturated heterocycles. The summed E-state index contributed by atoms with van der Waals surface area (Å²) in [6, 6.07) is 17.5. The zero-order valence-corrected chi connectivity index (χ0v) is 12.5. The molecular formula is C18H13NO2S. The molecule has 2 fully saturated rings. The van der Waals surface area contributed by atoms with Gasteiger partial charge in [-0.15, -0.1) is 11.8 Å². The van der Waals surface area contributed by atoms with Gasteiger partial charge in [-0.2, -0.15) is 0 Å². The summed E-state index contributed by atoms with van der Waals surface area (Å²) in [6.45, 7) is 0. The summed E-state index contributed by atoms with van der Waals surface area (Å²) in [5, 5.41) is 0.271. The van der Waals surface area contributed by atoms with Gasteiger partial charge in [-0.05, 0) is 23.3 Å². The maximum Gasteiger partial charge on any atom is 0.239 e. The van der Waals surface area contributed by atoms with Crippen molar-refractivity contribution >= 4 is 29.3 Å². The summed E-state index contributed by atoms with van der Waals surface area (Å²) >= 11 is 1.79. The van der Waals surface area contributed by atoms with Crippen molar-refractivity contribution < 1.29 is 9.59 Å². The minimum Gasteiger partial charge on any atom is -0.274 e. The zero-order valence-electron chi connectivity index (χ0n) is 11.7. The third kappa shape index (κ3) is 1.38. The minimum absolute atomic E-state index is 0.0318. The van der Waals surface area contributed by atoms with Gasteiger partial charge >= 0.3 is 0 Å². The number of fused-ring (bicyclic) bond motifs is 8. The summed E-state index contributed by atoms with van der Waals surface area (Å²) in [6.07, 6.45) is 0. The van der Waals surface area contributed by atoms with E-state index in [4.69, 9.17) is 0 Å². The van der Waals surface area contributed by atoms with Crippen molar-refractivity contribution in [2.75, 3.05) is 4.90 Å². The quantitative estimate of drug-likeness (QED) is 0.758. The molecule has 2 bridgehead atoms. The van der Waals surface area contributed by atoms with Crippen LogP contribution in [0.4, 0.5) is 5.69 Å². The van der Waals surface area contributed by atoms with Crippen LogP contribution < -0.4 is 4.90 Å². The standard InChI is InChI=1S/C18H13NO2S/c20-17-13-14(18(21)19(17)10-6-2-1-3-7-10)16-12-9-5-4-8-11(12)15(13)22-16/h1-9,13-16H/t13-,14+,15?,16?. The number of para-hydroxylation sites is 1. The van der Waals surface area contributed by atoms with E-state index in [2.05, 4.69) is 12.1 Å². The predicted octanol–water partition coefficient (Wildman–Crippen LogP) is 3.34. The van der Waals surface area contributed by atoms with Crippen molar-refractivity contribution in [2.45, 2.75) is 10.5 Å². The minimum atomic E-state index is -0.197. The summed E-state index contributed by atoms with van der Waals surface area (Å²) in [5.74, 6) is -0.457. The van der Waals surface area contributed by atoms with Gasteiger partial charge in [-0.25, -0.2) is 4.90 Å². The highest BCUT2D eigenvalue weighted by atomic mass is 32.2. The zero-order chi connectivity index (χ0) is 14.8. The lowest BCUT2D eigenvalue weighted by molar-refractivity contribution is -0.122. The average molecular weight is 307 g/mol. The van der Waals surface area contributed by atoms with E-state index >= 15 is 0 Å². The molecule has 2 unspecified atom stereocenters. The number of rotatable bonds is 1. The van der Waals surface area contributed by atoms with Crippen LogP contribution in [0.2, 0.25) is 0 Å². The molecule has 0 saturated carbocycles. The van der Waals surface area contributed by atoms with Crippen LogP contribution in [0, 0.1) is 11.8 Å². The van der Waals surface area contributed by atoms with Crippen LogP contribution in [0.15, 0.2) is 54.6 Å². The molecule has 3 nitrogen and oxygen atoms in total. The van der Waals surface area contributed by atoms with E-state index in [0.717, 1.165) is 0 Å². The molecule has 3 heterocycles. The second-order valence-electron chi connectivity index (χ2n) is 6.01. The van der Waals surface area contributed by atoms with Crippen LogP contribution >= 0.6 is 11.8 Å². The van der Waals surface area contributed by atoms with Gasteiger partial charge in [0.15, 0.2) is 0 Å². The van der Waals surface area contributed by atoms with Crippen molar-refractivity contribution in [3.05, 3.63) is 65.7 Å². The van der Waals surface area contributed by atoms with Crippen LogP contribution in [0.25, 0.3) is 0 Å². The molecule has 4 heteroatoms. The molecule has 0 spiro atoms. The van der Waals surface area contributed by atoms with Crippen LogP contribution in [0.5, 0.6) is 0 Å². The molecule has 4 atom stereocenters. The van der Waals surface area contributed by atoms with E-state index in [0.29, 0.717) is 5.69 Å². The fraction of sp³-hybridized carbons (Fsp3) is 0.222. The van der Waals surface area contributed by atoms with Gasteiger partial charge in [0.2, 0.25) is 11.8 Å². The molecule has 3 aliphatic heterocycles. The molecule has 108 valence electrons. The first-order valence-electron chi connectivity index (χ1n) is 7.44. The monoisotopic (exact) mass is 307 g/mol. The van der Waals surface area contributed by atoms with E-state index in [1.807, 2.05) is 42.5 Å². The van der Waals surface area contributed by atoms with Crippen molar-refractivity contribution in [2.24, 2.45) is 11.8 Å². The number of amides is 2. The van der Waals surface area contributed by atoms with Crippen molar-refractivity contribution in [1.82, 2.24) is 0 Å². The first kappa shape index (κ1) is 12.5.